The predicted octanol–water partition coefficient (Wildman–Crippen LogP) is 3.20. The molecule has 1 aromatic carbocycles. The fraction of sp³-hybridized carbons (Fsp3) is 0.200. The molecule has 0 spiro atoms. The molecule has 1 heterocycles. The van der Waals surface area contributed by atoms with E-state index in [9.17, 15) is 8.42 Å². The molecule has 86 valence electrons. The fourth-order valence-corrected chi connectivity index (χ4v) is 3.84. The maximum absolute atomic E-state index is 11.5. The zero-order valence-corrected chi connectivity index (χ0v) is 12.6. The normalized spacial score (nSPS) is 12.2. The van der Waals surface area contributed by atoms with Crippen LogP contribution in [0.3, 0.4) is 0 Å². The van der Waals surface area contributed by atoms with E-state index in [1.165, 1.54) is 6.26 Å². The summed E-state index contributed by atoms with van der Waals surface area (Å²) in [6, 6.07) is 5.38. The molecule has 16 heavy (non-hydrogen) atoms. The van der Waals surface area contributed by atoms with Crippen LogP contribution in [0.5, 0.6) is 0 Å². The van der Waals surface area contributed by atoms with E-state index in [0.717, 1.165) is 16.5 Å². The van der Waals surface area contributed by atoms with Gasteiger partial charge >= 0.3 is 0 Å². The number of aryl methyl sites for hydroxylation is 1. The van der Waals surface area contributed by atoms with Gasteiger partial charge in [-0.2, -0.15) is 0 Å². The Labute approximate surface area is 111 Å². The molecule has 0 atom stereocenters. The lowest BCUT2D eigenvalue weighted by Gasteiger charge is -2.05. The van der Waals surface area contributed by atoms with Crippen LogP contribution < -0.4 is 0 Å². The standard InChI is InChI=1S/C10H10INO2S2/c1-7-5-9(16(2,13)14)6-8-3-4-12(15-11)10(7)8/h3-6H,1-2H3. The van der Waals surface area contributed by atoms with Crippen molar-refractivity contribution in [3.8, 4) is 0 Å². The minimum absolute atomic E-state index is 0.383. The average Bonchev–Trinajstić information content (AvgIpc) is 2.59. The molecule has 2 rings (SSSR count). The second-order valence-electron chi connectivity index (χ2n) is 3.66. The largest absolute Gasteiger partial charge is 0.282 e. The van der Waals surface area contributed by atoms with Gasteiger partial charge in [0.15, 0.2) is 9.84 Å². The minimum Gasteiger partial charge on any atom is -0.282 e. The monoisotopic (exact) mass is 367 g/mol. The van der Waals surface area contributed by atoms with E-state index < -0.39 is 9.84 Å². The summed E-state index contributed by atoms with van der Waals surface area (Å²) in [5.74, 6) is 0. The Kier molecular flexibility index (Phi) is 3.24. The van der Waals surface area contributed by atoms with Crippen molar-refractivity contribution >= 4 is 51.1 Å². The molecule has 0 radical (unpaired) electrons. The van der Waals surface area contributed by atoms with Crippen molar-refractivity contribution in [2.75, 3.05) is 6.26 Å². The fourth-order valence-electron chi connectivity index (χ4n) is 1.69. The van der Waals surface area contributed by atoms with Gasteiger partial charge in [0, 0.05) is 48.2 Å². The Morgan fingerprint density at radius 3 is 2.62 bits per heavy atom. The summed E-state index contributed by atoms with van der Waals surface area (Å²) in [4.78, 5) is 0.383. The first kappa shape index (κ1) is 12.3. The number of benzene rings is 1. The Hall–Kier alpha value is -0.210. The molecule has 0 N–H and O–H groups in total. The molecule has 0 amide bonds. The van der Waals surface area contributed by atoms with Crippen LogP contribution in [0, 0.1) is 6.92 Å². The summed E-state index contributed by atoms with van der Waals surface area (Å²) in [5, 5.41) is 0.963. The first-order valence-corrected chi connectivity index (χ1v) is 9.75. The van der Waals surface area contributed by atoms with E-state index >= 15 is 0 Å². The van der Waals surface area contributed by atoms with Crippen molar-refractivity contribution in [2.24, 2.45) is 0 Å². The van der Waals surface area contributed by atoms with E-state index in [1.54, 1.807) is 21.3 Å². The van der Waals surface area contributed by atoms with Crippen LogP contribution in [0.1, 0.15) is 5.56 Å². The Balaban J connectivity index is 2.80. The van der Waals surface area contributed by atoms with E-state index in [2.05, 4.69) is 21.2 Å². The molecule has 0 fully saturated rings. The van der Waals surface area contributed by atoms with Gasteiger partial charge in [-0.25, -0.2) is 8.42 Å². The third-order valence-electron chi connectivity index (χ3n) is 2.42. The smallest absolute Gasteiger partial charge is 0.175 e. The van der Waals surface area contributed by atoms with Crippen molar-refractivity contribution in [1.82, 2.24) is 3.97 Å². The number of aromatic nitrogens is 1. The lowest BCUT2D eigenvalue weighted by atomic mass is 10.2. The van der Waals surface area contributed by atoms with Gasteiger partial charge in [0.25, 0.3) is 0 Å². The Morgan fingerprint density at radius 2 is 2.06 bits per heavy atom. The maximum Gasteiger partial charge on any atom is 0.175 e. The van der Waals surface area contributed by atoms with Gasteiger partial charge in [-0.3, -0.25) is 3.97 Å². The van der Waals surface area contributed by atoms with Crippen molar-refractivity contribution in [1.29, 1.82) is 0 Å². The molecule has 3 nitrogen and oxygen atoms in total. The van der Waals surface area contributed by atoms with Gasteiger partial charge in [0.05, 0.1) is 10.4 Å². The molecule has 0 aliphatic carbocycles. The van der Waals surface area contributed by atoms with Crippen molar-refractivity contribution < 1.29 is 8.42 Å². The van der Waals surface area contributed by atoms with Gasteiger partial charge in [-0.1, -0.05) is 0 Å². The summed E-state index contributed by atoms with van der Waals surface area (Å²) in [6.45, 7) is 1.93. The van der Waals surface area contributed by atoms with Gasteiger partial charge in [-0.05, 0) is 30.7 Å². The van der Waals surface area contributed by atoms with Crippen LogP contribution in [0.2, 0.25) is 0 Å². The highest BCUT2D eigenvalue weighted by molar-refractivity contribution is 14.2. The molecule has 0 saturated carbocycles. The second-order valence-corrected chi connectivity index (χ2v) is 7.39. The Bertz CT molecular complexity index is 646. The Morgan fingerprint density at radius 1 is 1.38 bits per heavy atom. The zero-order chi connectivity index (χ0) is 11.9. The first-order chi connectivity index (χ1) is 7.43. The summed E-state index contributed by atoms with van der Waals surface area (Å²) < 4.78 is 25.0. The number of fused-ring (bicyclic) bond motifs is 1. The zero-order valence-electron chi connectivity index (χ0n) is 8.77. The highest BCUT2D eigenvalue weighted by atomic mass is 127. The minimum atomic E-state index is -3.13. The molecular weight excluding hydrogens is 357 g/mol. The van der Waals surface area contributed by atoms with Crippen LogP contribution in [0.25, 0.3) is 10.9 Å². The predicted molar refractivity (Wildman–Crippen MR) is 76.8 cm³/mol. The highest BCUT2D eigenvalue weighted by Crippen LogP contribution is 2.29. The second kappa shape index (κ2) is 4.23. The number of hydrogen-bond acceptors (Lipinski definition) is 3. The summed E-state index contributed by atoms with van der Waals surface area (Å²) in [5.41, 5.74) is 2.05. The van der Waals surface area contributed by atoms with Crippen LogP contribution >= 0.6 is 30.3 Å². The van der Waals surface area contributed by atoms with Crippen LogP contribution in [-0.2, 0) is 9.84 Å². The molecule has 0 aliphatic rings. The molecule has 6 heteroatoms. The van der Waals surface area contributed by atoms with Gasteiger partial charge in [0.2, 0.25) is 0 Å². The molecular formula is C10H10INO2S2. The van der Waals surface area contributed by atoms with Gasteiger partial charge < -0.3 is 0 Å². The number of hydrogen-bond donors (Lipinski definition) is 0. The van der Waals surface area contributed by atoms with E-state index in [0.29, 0.717) is 4.90 Å². The number of sulfone groups is 1. The van der Waals surface area contributed by atoms with Crippen molar-refractivity contribution in [3.05, 3.63) is 30.0 Å². The SMILES string of the molecule is Cc1cc(S(C)(=O)=O)cc2ccn(SI)c12. The number of nitrogens with zero attached hydrogens (tertiary/aromatic N) is 1. The van der Waals surface area contributed by atoms with Crippen LogP contribution in [-0.4, -0.2) is 18.6 Å². The number of halogens is 1. The molecule has 0 aliphatic heterocycles. The highest BCUT2D eigenvalue weighted by Gasteiger charge is 2.12. The number of rotatable bonds is 2. The van der Waals surface area contributed by atoms with Crippen molar-refractivity contribution in [2.45, 2.75) is 11.8 Å². The van der Waals surface area contributed by atoms with Gasteiger partial charge in [-0.15, -0.1) is 0 Å². The average molecular weight is 367 g/mol. The third kappa shape index (κ3) is 2.10. The summed E-state index contributed by atoms with van der Waals surface area (Å²) in [6.07, 6.45) is 3.18. The molecule has 0 bridgehead atoms. The third-order valence-corrected chi connectivity index (χ3v) is 5.23. The quantitative estimate of drug-likeness (QED) is 0.766. The molecule has 0 unspecified atom stereocenters. The van der Waals surface area contributed by atoms with Crippen LogP contribution in [0.15, 0.2) is 29.3 Å². The van der Waals surface area contributed by atoms with Gasteiger partial charge in [0.1, 0.15) is 0 Å². The van der Waals surface area contributed by atoms with E-state index in [1.807, 2.05) is 23.2 Å². The van der Waals surface area contributed by atoms with E-state index in [-0.39, 0.29) is 0 Å². The van der Waals surface area contributed by atoms with E-state index in [4.69, 9.17) is 0 Å². The summed E-state index contributed by atoms with van der Waals surface area (Å²) in [7, 11) is -1.56. The molecule has 2 aromatic rings. The topological polar surface area (TPSA) is 39.1 Å². The summed E-state index contributed by atoms with van der Waals surface area (Å²) >= 11 is 2.20. The lowest BCUT2D eigenvalue weighted by molar-refractivity contribution is 0.602. The first-order valence-electron chi connectivity index (χ1n) is 4.54. The molecule has 1 aromatic heterocycles. The molecule has 0 saturated heterocycles. The van der Waals surface area contributed by atoms with Crippen LogP contribution in [0.4, 0.5) is 0 Å². The lowest BCUT2D eigenvalue weighted by Crippen LogP contribution is -1.98. The maximum atomic E-state index is 11.5. The van der Waals surface area contributed by atoms with Crippen molar-refractivity contribution in [3.63, 3.8) is 0 Å².